The number of rotatable bonds is 6. The van der Waals surface area contributed by atoms with Crippen molar-refractivity contribution in [1.29, 1.82) is 0 Å². The average Bonchev–Trinajstić information content (AvgIpc) is 2.29. The molecule has 1 aromatic rings. The number of methoxy groups -OCH3 is 1. The van der Waals surface area contributed by atoms with Gasteiger partial charge < -0.3 is 10.1 Å². The number of nitrogens with one attached hydrogen (secondary N) is 1. The lowest BCUT2D eigenvalue weighted by molar-refractivity contribution is 0.168. The molecule has 1 N–H and O–H groups in total. The molecule has 0 amide bonds. The molecule has 2 atom stereocenters. The van der Waals surface area contributed by atoms with Crippen LogP contribution >= 0.6 is 0 Å². The van der Waals surface area contributed by atoms with E-state index in [1.165, 1.54) is 11.1 Å². The van der Waals surface area contributed by atoms with E-state index in [0.717, 1.165) is 6.61 Å². The molecule has 0 aliphatic heterocycles. The molecular formula is C15H25NO. The maximum atomic E-state index is 5.13. The Morgan fingerprint density at radius 3 is 2.00 bits per heavy atom. The standard InChI is InChI=1S/C15H25NO/c1-11(2)14-6-8-15(9-7-14)13(4)16-12(3)10-17-5/h6-9,11-13,16H,10H2,1-5H3. The van der Waals surface area contributed by atoms with Gasteiger partial charge in [0.15, 0.2) is 0 Å². The molecule has 0 aromatic heterocycles. The Kier molecular flexibility index (Phi) is 5.66. The fourth-order valence-corrected chi connectivity index (χ4v) is 1.99. The largest absolute Gasteiger partial charge is 0.383 e. The molecule has 2 heteroatoms. The second kappa shape index (κ2) is 6.77. The molecule has 0 spiro atoms. The van der Waals surface area contributed by atoms with Gasteiger partial charge in [0.2, 0.25) is 0 Å². The third-order valence-corrected chi connectivity index (χ3v) is 3.05. The summed E-state index contributed by atoms with van der Waals surface area (Å²) in [5, 5.41) is 3.52. The van der Waals surface area contributed by atoms with E-state index in [1.54, 1.807) is 7.11 Å². The van der Waals surface area contributed by atoms with Crippen molar-refractivity contribution in [3.05, 3.63) is 35.4 Å². The van der Waals surface area contributed by atoms with Gasteiger partial charge in [-0.1, -0.05) is 38.1 Å². The fraction of sp³-hybridized carbons (Fsp3) is 0.600. The maximum Gasteiger partial charge on any atom is 0.0613 e. The predicted octanol–water partition coefficient (Wildman–Crippen LogP) is 3.50. The number of benzene rings is 1. The first-order valence-electron chi connectivity index (χ1n) is 6.39. The number of hydrogen-bond acceptors (Lipinski definition) is 2. The summed E-state index contributed by atoms with van der Waals surface area (Å²) in [6.07, 6.45) is 0. The van der Waals surface area contributed by atoms with Crippen molar-refractivity contribution in [1.82, 2.24) is 5.32 Å². The summed E-state index contributed by atoms with van der Waals surface area (Å²) < 4.78 is 5.13. The van der Waals surface area contributed by atoms with E-state index in [2.05, 4.69) is 57.3 Å². The summed E-state index contributed by atoms with van der Waals surface area (Å²) in [6.45, 7) is 9.52. The summed E-state index contributed by atoms with van der Waals surface area (Å²) in [6, 6.07) is 9.61. The normalized spacial score (nSPS) is 14.9. The SMILES string of the molecule is COCC(C)NC(C)c1ccc(C(C)C)cc1. The highest BCUT2D eigenvalue weighted by Crippen LogP contribution is 2.18. The van der Waals surface area contributed by atoms with Crippen molar-refractivity contribution in [2.45, 2.75) is 45.7 Å². The molecule has 0 saturated carbocycles. The highest BCUT2D eigenvalue weighted by atomic mass is 16.5. The average molecular weight is 235 g/mol. The van der Waals surface area contributed by atoms with Crippen LogP contribution in [0, 0.1) is 0 Å². The van der Waals surface area contributed by atoms with Crippen molar-refractivity contribution in [2.75, 3.05) is 13.7 Å². The van der Waals surface area contributed by atoms with Crippen molar-refractivity contribution in [2.24, 2.45) is 0 Å². The van der Waals surface area contributed by atoms with E-state index in [1.807, 2.05) is 0 Å². The number of ether oxygens (including phenoxy) is 1. The third-order valence-electron chi connectivity index (χ3n) is 3.05. The molecule has 0 aliphatic rings. The Bertz CT molecular complexity index is 318. The predicted molar refractivity (Wildman–Crippen MR) is 73.4 cm³/mol. The first-order valence-corrected chi connectivity index (χ1v) is 6.39. The van der Waals surface area contributed by atoms with Crippen LogP contribution in [0.2, 0.25) is 0 Å². The highest BCUT2D eigenvalue weighted by molar-refractivity contribution is 5.26. The quantitative estimate of drug-likeness (QED) is 0.815. The number of hydrogen-bond donors (Lipinski definition) is 1. The lowest BCUT2D eigenvalue weighted by atomic mass is 9.99. The highest BCUT2D eigenvalue weighted by Gasteiger charge is 2.09. The Balaban J connectivity index is 2.60. The minimum atomic E-state index is 0.362. The molecule has 0 saturated heterocycles. The molecular weight excluding hydrogens is 210 g/mol. The lowest BCUT2D eigenvalue weighted by Crippen LogP contribution is -2.32. The smallest absolute Gasteiger partial charge is 0.0613 e. The minimum absolute atomic E-state index is 0.362. The van der Waals surface area contributed by atoms with E-state index >= 15 is 0 Å². The molecule has 2 unspecified atom stereocenters. The zero-order chi connectivity index (χ0) is 12.8. The van der Waals surface area contributed by atoms with Gasteiger partial charge in [0.1, 0.15) is 0 Å². The van der Waals surface area contributed by atoms with Gasteiger partial charge in [0.25, 0.3) is 0 Å². The molecule has 1 aromatic carbocycles. The van der Waals surface area contributed by atoms with E-state index in [-0.39, 0.29) is 0 Å². The molecule has 0 aliphatic carbocycles. The van der Waals surface area contributed by atoms with Crippen LogP contribution in [0.4, 0.5) is 0 Å². The third kappa shape index (κ3) is 4.49. The van der Waals surface area contributed by atoms with E-state index in [0.29, 0.717) is 18.0 Å². The van der Waals surface area contributed by atoms with Gasteiger partial charge >= 0.3 is 0 Å². The van der Waals surface area contributed by atoms with Crippen molar-refractivity contribution in [3.8, 4) is 0 Å². The van der Waals surface area contributed by atoms with E-state index in [4.69, 9.17) is 4.74 Å². The Morgan fingerprint density at radius 2 is 1.53 bits per heavy atom. The second-order valence-electron chi connectivity index (χ2n) is 5.07. The van der Waals surface area contributed by atoms with Crippen LogP contribution in [-0.2, 0) is 4.74 Å². The van der Waals surface area contributed by atoms with E-state index in [9.17, 15) is 0 Å². The molecule has 17 heavy (non-hydrogen) atoms. The first kappa shape index (κ1) is 14.2. The summed E-state index contributed by atoms with van der Waals surface area (Å²) in [5.74, 6) is 0.597. The van der Waals surface area contributed by atoms with Gasteiger partial charge in [0.05, 0.1) is 6.61 Å². The van der Waals surface area contributed by atoms with Crippen molar-refractivity contribution in [3.63, 3.8) is 0 Å². The Hall–Kier alpha value is -0.860. The van der Waals surface area contributed by atoms with E-state index < -0.39 is 0 Å². The zero-order valence-corrected chi connectivity index (χ0v) is 11.7. The van der Waals surface area contributed by atoms with Gasteiger partial charge in [-0.3, -0.25) is 0 Å². The molecule has 0 bridgehead atoms. The summed E-state index contributed by atoms with van der Waals surface area (Å²) in [4.78, 5) is 0. The van der Waals surface area contributed by atoms with Gasteiger partial charge in [-0.25, -0.2) is 0 Å². The molecule has 96 valence electrons. The summed E-state index contributed by atoms with van der Waals surface area (Å²) in [5.41, 5.74) is 2.73. The molecule has 0 heterocycles. The first-order chi connectivity index (χ1) is 8.04. The summed E-state index contributed by atoms with van der Waals surface area (Å²) in [7, 11) is 1.74. The van der Waals surface area contributed by atoms with Crippen LogP contribution in [-0.4, -0.2) is 19.8 Å². The maximum absolute atomic E-state index is 5.13. The second-order valence-corrected chi connectivity index (χ2v) is 5.07. The Labute approximate surface area is 105 Å². The van der Waals surface area contributed by atoms with Gasteiger partial charge in [-0.05, 0) is 30.9 Å². The van der Waals surface area contributed by atoms with Crippen molar-refractivity contribution < 1.29 is 4.74 Å². The van der Waals surface area contributed by atoms with Crippen molar-refractivity contribution >= 4 is 0 Å². The van der Waals surface area contributed by atoms with Gasteiger partial charge in [-0.15, -0.1) is 0 Å². The molecule has 2 nitrogen and oxygen atoms in total. The van der Waals surface area contributed by atoms with Crippen LogP contribution in [0.1, 0.15) is 50.8 Å². The lowest BCUT2D eigenvalue weighted by Gasteiger charge is -2.20. The van der Waals surface area contributed by atoms with Gasteiger partial charge in [-0.2, -0.15) is 0 Å². The molecule has 0 fully saturated rings. The minimum Gasteiger partial charge on any atom is -0.383 e. The van der Waals surface area contributed by atoms with Crippen LogP contribution in [0.5, 0.6) is 0 Å². The van der Waals surface area contributed by atoms with Crippen LogP contribution in [0.3, 0.4) is 0 Å². The van der Waals surface area contributed by atoms with Crippen LogP contribution < -0.4 is 5.32 Å². The monoisotopic (exact) mass is 235 g/mol. The summed E-state index contributed by atoms with van der Waals surface area (Å²) >= 11 is 0. The fourth-order valence-electron chi connectivity index (χ4n) is 1.99. The van der Waals surface area contributed by atoms with Crippen LogP contribution in [0.15, 0.2) is 24.3 Å². The molecule has 0 radical (unpaired) electrons. The molecule has 1 rings (SSSR count). The van der Waals surface area contributed by atoms with Gasteiger partial charge in [0, 0.05) is 19.2 Å². The topological polar surface area (TPSA) is 21.3 Å². The zero-order valence-electron chi connectivity index (χ0n) is 11.7. The Morgan fingerprint density at radius 1 is 1.00 bits per heavy atom. The van der Waals surface area contributed by atoms with Crippen LogP contribution in [0.25, 0.3) is 0 Å².